The maximum Gasteiger partial charge on any atom is 0.332 e. The second-order valence-corrected chi connectivity index (χ2v) is 5.42. The molecule has 0 amide bonds. The van der Waals surface area contributed by atoms with E-state index in [-0.39, 0.29) is 17.3 Å². The van der Waals surface area contributed by atoms with E-state index in [1.807, 2.05) is 0 Å². The molecular weight excluding hydrogens is 272 g/mol. The van der Waals surface area contributed by atoms with Gasteiger partial charge in [-0.1, -0.05) is 19.3 Å². The molecule has 114 valence electrons. The van der Waals surface area contributed by atoms with Crippen LogP contribution in [0.25, 0.3) is 11.2 Å². The monoisotopic (exact) mass is 292 g/mol. The van der Waals surface area contributed by atoms with Crippen molar-refractivity contribution in [3.05, 3.63) is 20.8 Å². The molecule has 21 heavy (non-hydrogen) atoms. The van der Waals surface area contributed by atoms with E-state index in [2.05, 4.69) is 15.4 Å². The molecule has 2 aromatic heterocycles. The molecule has 0 bridgehead atoms. The summed E-state index contributed by atoms with van der Waals surface area (Å²) in [4.78, 5) is 32.1. The molecule has 0 aliphatic heterocycles. The minimum atomic E-state index is -0.349. The Kier molecular flexibility index (Phi) is 3.54. The Morgan fingerprint density at radius 1 is 1.33 bits per heavy atom. The van der Waals surface area contributed by atoms with Gasteiger partial charge in [0.25, 0.3) is 5.56 Å². The van der Waals surface area contributed by atoms with Gasteiger partial charge in [0.1, 0.15) is 0 Å². The van der Waals surface area contributed by atoms with Gasteiger partial charge in [-0.2, -0.15) is 4.98 Å². The molecule has 0 saturated heterocycles. The van der Waals surface area contributed by atoms with Gasteiger partial charge >= 0.3 is 5.69 Å². The van der Waals surface area contributed by atoms with Gasteiger partial charge in [0.2, 0.25) is 5.95 Å². The van der Waals surface area contributed by atoms with Gasteiger partial charge in [-0.05, 0) is 19.8 Å². The Bertz CT molecular complexity index is 765. The zero-order chi connectivity index (χ0) is 15.0. The van der Waals surface area contributed by atoms with Crippen LogP contribution >= 0.6 is 0 Å². The van der Waals surface area contributed by atoms with E-state index in [9.17, 15) is 9.59 Å². The third kappa shape index (κ3) is 2.15. The lowest BCUT2D eigenvalue weighted by Crippen LogP contribution is -2.41. The topological polar surface area (TPSA) is 111 Å². The minimum Gasteiger partial charge on any atom is -0.317 e. The number of aromatic nitrogens is 4. The van der Waals surface area contributed by atoms with Crippen molar-refractivity contribution < 1.29 is 0 Å². The molecule has 3 rings (SSSR count). The Labute approximate surface area is 120 Å². The van der Waals surface area contributed by atoms with Crippen LogP contribution < -0.4 is 22.5 Å². The lowest BCUT2D eigenvalue weighted by molar-refractivity contribution is 0.343. The van der Waals surface area contributed by atoms with Crippen molar-refractivity contribution in [3.63, 3.8) is 0 Å². The summed E-state index contributed by atoms with van der Waals surface area (Å²) >= 11 is 0. The van der Waals surface area contributed by atoms with Gasteiger partial charge in [-0.25, -0.2) is 10.6 Å². The minimum absolute atomic E-state index is 0.0982. The highest BCUT2D eigenvalue weighted by atomic mass is 16.2. The van der Waals surface area contributed by atoms with Crippen LogP contribution in [0.2, 0.25) is 0 Å². The summed E-state index contributed by atoms with van der Waals surface area (Å²) in [6.45, 7) is 2.13. The predicted octanol–water partition coefficient (Wildman–Crippen LogP) is 0.697. The van der Waals surface area contributed by atoms with Crippen LogP contribution in [0.4, 0.5) is 5.95 Å². The van der Waals surface area contributed by atoms with Crippen LogP contribution in [0, 0.1) is 0 Å². The third-order valence-electron chi connectivity index (χ3n) is 4.20. The number of aromatic amines is 1. The van der Waals surface area contributed by atoms with E-state index in [0.717, 1.165) is 25.7 Å². The zero-order valence-electron chi connectivity index (χ0n) is 12.1. The summed E-state index contributed by atoms with van der Waals surface area (Å²) in [5.41, 5.74) is 2.50. The summed E-state index contributed by atoms with van der Waals surface area (Å²) in [5, 5.41) is 0. The molecule has 2 aromatic rings. The molecule has 1 aliphatic rings. The number of nitrogen functional groups attached to an aromatic ring is 1. The molecule has 1 saturated carbocycles. The number of fused-ring (bicyclic) bond motifs is 1. The number of nitrogens with two attached hydrogens (primary N) is 1. The van der Waals surface area contributed by atoms with Crippen LogP contribution in [0.3, 0.4) is 0 Å². The number of hydrogen-bond acceptors (Lipinski definition) is 5. The summed E-state index contributed by atoms with van der Waals surface area (Å²) < 4.78 is 2.91. The fraction of sp³-hybridized carbons (Fsp3) is 0.615. The summed E-state index contributed by atoms with van der Waals surface area (Å²) in [6.07, 6.45) is 5.26. The van der Waals surface area contributed by atoms with E-state index in [0.29, 0.717) is 23.7 Å². The highest BCUT2D eigenvalue weighted by Gasteiger charge is 2.23. The van der Waals surface area contributed by atoms with Gasteiger partial charge in [0.05, 0.1) is 0 Å². The summed E-state index contributed by atoms with van der Waals surface area (Å²) in [7, 11) is 0. The smallest absolute Gasteiger partial charge is 0.317 e. The van der Waals surface area contributed by atoms with Gasteiger partial charge in [0.15, 0.2) is 11.2 Å². The molecule has 1 aliphatic carbocycles. The van der Waals surface area contributed by atoms with Crippen molar-refractivity contribution in [1.29, 1.82) is 0 Å². The van der Waals surface area contributed by atoms with Gasteiger partial charge in [-0.15, -0.1) is 0 Å². The first kappa shape index (κ1) is 13.9. The van der Waals surface area contributed by atoms with Crippen LogP contribution in [-0.4, -0.2) is 19.1 Å². The van der Waals surface area contributed by atoms with E-state index in [1.54, 1.807) is 11.5 Å². The number of rotatable bonds is 3. The Morgan fingerprint density at radius 2 is 2.05 bits per heavy atom. The molecular formula is C13H20N6O2. The van der Waals surface area contributed by atoms with Crippen molar-refractivity contribution in [2.75, 3.05) is 5.43 Å². The Morgan fingerprint density at radius 3 is 2.67 bits per heavy atom. The highest BCUT2D eigenvalue weighted by Crippen LogP contribution is 2.28. The first-order chi connectivity index (χ1) is 10.2. The summed E-state index contributed by atoms with van der Waals surface area (Å²) in [5.74, 6) is 5.65. The van der Waals surface area contributed by atoms with Gasteiger partial charge < -0.3 is 4.98 Å². The second-order valence-electron chi connectivity index (χ2n) is 5.42. The van der Waals surface area contributed by atoms with Gasteiger partial charge in [-0.3, -0.25) is 19.4 Å². The molecule has 1 fully saturated rings. The maximum absolute atomic E-state index is 12.7. The van der Waals surface area contributed by atoms with Crippen molar-refractivity contribution >= 4 is 17.1 Å². The average Bonchev–Trinajstić information content (AvgIpc) is 2.93. The maximum atomic E-state index is 12.7. The van der Waals surface area contributed by atoms with E-state index in [4.69, 9.17) is 5.84 Å². The van der Waals surface area contributed by atoms with Crippen LogP contribution in [0.5, 0.6) is 0 Å². The van der Waals surface area contributed by atoms with Crippen molar-refractivity contribution in [2.24, 2.45) is 5.84 Å². The Hall–Kier alpha value is -2.09. The fourth-order valence-electron chi connectivity index (χ4n) is 3.15. The number of nitrogens with zero attached hydrogens (tertiary/aromatic N) is 3. The van der Waals surface area contributed by atoms with Crippen LogP contribution in [0.15, 0.2) is 9.59 Å². The fourth-order valence-corrected chi connectivity index (χ4v) is 3.15. The SMILES string of the molecule is CCn1c(=O)c2[nH]c(NN)nc2n(C2CCCCC2)c1=O. The number of nitrogens with one attached hydrogen (secondary N) is 2. The number of hydrogen-bond donors (Lipinski definition) is 3. The zero-order valence-corrected chi connectivity index (χ0v) is 12.1. The van der Waals surface area contributed by atoms with E-state index in [1.165, 1.54) is 11.0 Å². The second kappa shape index (κ2) is 5.36. The molecule has 8 nitrogen and oxygen atoms in total. The summed E-state index contributed by atoms with van der Waals surface area (Å²) in [6, 6.07) is 0.0982. The molecule has 0 atom stereocenters. The van der Waals surface area contributed by atoms with Crippen LogP contribution in [0.1, 0.15) is 45.1 Å². The van der Waals surface area contributed by atoms with E-state index >= 15 is 0 Å². The lowest BCUT2D eigenvalue weighted by Gasteiger charge is -2.24. The molecule has 0 spiro atoms. The number of anilines is 1. The number of imidazole rings is 1. The van der Waals surface area contributed by atoms with Crippen LogP contribution in [-0.2, 0) is 6.54 Å². The predicted molar refractivity (Wildman–Crippen MR) is 80.2 cm³/mol. The van der Waals surface area contributed by atoms with Crippen molar-refractivity contribution in [2.45, 2.75) is 51.6 Å². The van der Waals surface area contributed by atoms with Crippen molar-refractivity contribution in [3.8, 4) is 0 Å². The molecule has 0 radical (unpaired) electrons. The van der Waals surface area contributed by atoms with Gasteiger partial charge in [0, 0.05) is 12.6 Å². The highest BCUT2D eigenvalue weighted by molar-refractivity contribution is 5.72. The largest absolute Gasteiger partial charge is 0.332 e. The average molecular weight is 292 g/mol. The third-order valence-corrected chi connectivity index (χ3v) is 4.20. The first-order valence-corrected chi connectivity index (χ1v) is 7.39. The van der Waals surface area contributed by atoms with Crippen molar-refractivity contribution in [1.82, 2.24) is 19.1 Å². The normalized spacial score (nSPS) is 16.5. The lowest BCUT2D eigenvalue weighted by atomic mass is 9.95. The quantitative estimate of drug-likeness (QED) is 0.569. The molecule has 2 heterocycles. The number of H-pyrrole nitrogens is 1. The first-order valence-electron chi connectivity index (χ1n) is 7.39. The molecule has 0 unspecified atom stereocenters. The molecule has 8 heteroatoms. The Balaban J connectivity index is 2.32. The standard InChI is InChI=1S/C13H20N6O2/c1-2-18-11(20)9-10(16-12(15-9)17-14)19(13(18)21)8-6-4-3-5-7-8/h8H,2-7,14H2,1H3,(H2,15,16,17). The number of hydrazine groups is 1. The molecule has 4 N–H and O–H groups in total. The van der Waals surface area contributed by atoms with E-state index < -0.39 is 0 Å². The molecule has 0 aromatic carbocycles.